The SMILES string of the molecule is Cc1cccc(N(Cc2ccc(C(=O)Nc3ccc(S(=O)(=O)N4CCCCC4)cc3)cc2)S(C)(=O)=O)c1. The van der Waals surface area contributed by atoms with Crippen molar-refractivity contribution in [3.63, 3.8) is 0 Å². The lowest BCUT2D eigenvalue weighted by Gasteiger charge is -2.25. The number of hydrogen-bond donors (Lipinski definition) is 1. The van der Waals surface area contributed by atoms with Crippen LogP contribution in [0.1, 0.15) is 40.7 Å². The lowest BCUT2D eigenvalue weighted by atomic mass is 10.1. The van der Waals surface area contributed by atoms with Gasteiger partial charge in [0.2, 0.25) is 20.0 Å². The van der Waals surface area contributed by atoms with Crippen LogP contribution in [-0.2, 0) is 26.6 Å². The third kappa shape index (κ3) is 6.57. The van der Waals surface area contributed by atoms with Crippen LogP contribution in [0.4, 0.5) is 11.4 Å². The van der Waals surface area contributed by atoms with Gasteiger partial charge in [-0.1, -0.05) is 30.7 Å². The number of sulfonamides is 2. The van der Waals surface area contributed by atoms with Crippen molar-refractivity contribution in [2.24, 2.45) is 0 Å². The maximum Gasteiger partial charge on any atom is 0.255 e. The number of aryl methyl sites for hydroxylation is 1. The van der Waals surface area contributed by atoms with Crippen molar-refractivity contribution in [3.8, 4) is 0 Å². The smallest absolute Gasteiger partial charge is 0.255 e. The normalized spacial score (nSPS) is 14.8. The largest absolute Gasteiger partial charge is 0.322 e. The van der Waals surface area contributed by atoms with Gasteiger partial charge in [0.05, 0.1) is 23.4 Å². The molecule has 1 aliphatic rings. The Morgan fingerprint density at radius 1 is 0.892 bits per heavy atom. The molecule has 1 amide bonds. The molecular weight excluding hydrogens is 510 g/mol. The van der Waals surface area contributed by atoms with Crippen LogP contribution >= 0.6 is 0 Å². The van der Waals surface area contributed by atoms with Gasteiger partial charge in [0.1, 0.15) is 0 Å². The lowest BCUT2D eigenvalue weighted by Crippen LogP contribution is -2.35. The average Bonchev–Trinajstić information content (AvgIpc) is 2.88. The number of carbonyl (C=O) groups is 1. The van der Waals surface area contributed by atoms with Gasteiger partial charge < -0.3 is 5.32 Å². The van der Waals surface area contributed by atoms with Crippen molar-refractivity contribution in [2.75, 3.05) is 29.0 Å². The summed E-state index contributed by atoms with van der Waals surface area (Å²) in [5.41, 5.74) is 3.14. The third-order valence-electron chi connectivity index (χ3n) is 6.30. The Morgan fingerprint density at radius 3 is 2.14 bits per heavy atom. The molecule has 10 heteroatoms. The summed E-state index contributed by atoms with van der Waals surface area (Å²) in [6.45, 7) is 3.10. The second-order valence-electron chi connectivity index (χ2n) is 9.25. The van der Waals surface area contributed by atoms with Gasteiger partial charge in [-0.2, -0.15) is 4.31 Å². The highest BCUT2D eigenvalue weighted by Crippen LogP contribution is 2.24. The van der Waals surface area contributed by atoms with Crippen LogP contribution in [0.15, 0.2) is 77.7 Å². The summed E-state index contributed by atoms with van der Waals surface area (Å²) < 4.78 is 53.3. The fourth-order valence-electron chi connectivity index (χ4n) is 4.28. The fourth-order valence-corrected chi connectivity index (χ4v) is 6.68. The number of benzene rings is 3. The van der Waals surface area contributed by atoms with Crippen molar-refractivity contribution >= 4 is 37.3 Å². The summed E-state index contributed by atoms with van der Waals surface area (Å²) in [4.78, 5) is 13.0. The monoisotopic (exact) mass is 541 g/mol. The minimum atomic E-state index is -3.53. The molecule has 0 saturated carbocycles. The molecule has 196 valence electrons. The number of anilines is 2. The van der Waals surface area contributed by atoms with E-state index in [4.69, 9.17) is 0 Å². The first-order valence-corrected chi connectivity index (χ1v) is 15.4. The Hall–Kier alpha value is -3.21. The van der Waals surface area contributed by atoms with Gasteiger partial charge in [0, 0.05) is 24.3 Å². The van der Waals surface area contributed by atoms with Crippen LogP contribution in [0.3, 0.4) is 0 Å². The first kappa shape index (κ1) is 26.8. The highest BCUT2D eigenvalue weighted by Gasteiger charge is 2.25. The lowest BCUT2D eigenvalue weighted by molar-refractivity contribution is 0.102. The molecule has 0 unspecified atom stereocenters. The van der Waals surface area contributed by atoms with Crippen molar-refractivity contribution < 1.29 is 21.6 Å². The average molecular weight is 542 g/mol. The summed E-state index contributed by atoms with van der Waals surface area (Å²) in [7, 11) is -7.05. The first-order valence-electron chi connectivity index (χ1n) is 12.1. The summed E-state index contributed by atoms with van der Waals surface area (Å²) >= 11 is 0. The molecule has 8 nitrogen and oxygen atoms in total. The number of piperidine rings is 1. The fraction of sp³-hybridized carbons (Fsp3) is 0.296. The summed E-state index contributed by atoms with van der Waals surface area (Å²) in [5, 5.41) is 2.78. The van der Waals surface area contributed by atoms with Gasteiger partial charge in [0.25, 0.3) is 5.91 Å². The van der Waals surface area contributed by atoms with E-state index in [0.29, 0.717) is 30.0 Å². The Labute approximate surface area is 219 Å². The number of rotatable bonds is 8. The number of hydrogen-bond acceptors (Lipinski definition) is 5. The van der Waals surface area contributed by atoms with Gasteiger partial charge in [-0.25, -0.2) is 16.8 Å². The minimum Gasteiger partial charge on any atom is -0.322 e. The quantitative estimate of drug-likeness (QED) is 0.456. The van der Waals surface area contributed by atoms with E-state index in [1.54, 1.807) is 42.5 Å². The Kier molecular flexibility index (Phi) is 8.01. The van der Waals surface area contributed by atoms with Crippen molar-refractivity contribution in [2.45, 2.75) is 37.6 Å². The van der Waals surface area contributed by atoms with Crippen LogP contribution in [-0.4, -0.2) is 46.4 Å². The molecule has 0 spiro atoms. The predicted octanol–water partition coefficient (Wildman–Crippen LogP) is 4.39. The molecule has 37 heavy (non-hydrogen) atoms. The molecule has 4 rings (SSSR count). The van der Waals surface area contributed by atoms with Crippen molar-refractivity contribution in [1.82, 2.24) is 4.31 Å². The Morgan fingerprint density at radius 2 is 1.54 bits per heavy atom. The molecule has 1 fully saturated rings. The molecule has 0 radical (unpaired) electrons. The Bertz CT molecular complexity index is 1460. The molecule has 0 atom stereocenters. The highest BCUT2D eigenvalue weighted by molar-refractivity contribution is 7.92. The second-order valence-corrected chi connectivity index (χ2v) is 13.1. The van der Waals surface area contributed by atoms with Crippen molar-refractivity contribution in [3.05, 3.63) is 89.5 Å². The van der Waals surface area contributed by atoms with Crippen LogP contribution < -0.4 is 9.62 Å². The summed E-state index contributed by atoms with van der Waals surface area (Å²) in [6, 6.07) is 20.2. The Balaban J connectivity index is 1.43. The number of carbonyl (C=O) groups excluding carboxylic acids is 1. The summed E-state index contributed by atoms with van der Waals surface area (Å²) in [6.07, 6.45) is 3.94. The molecule has 1 N–H and O–H groups in total. The van der Waals surface area contributed by atoms with Crippen LogP contribution in [0.2, 0.25) is 0 Å². The van der Waals surface area contributed by atoms with E-state index in [1.807, 2.05) is 25.1 Å². The minimum absolute atomic E-state index is 0.136. The number of amides is 1. The van der Waals surface area contributed by atoms with Crippen LogP contribution in [0, 0.1) is 6.92 Å². The molecule has 3 aromatic rings. The maximum atomic E-state index is 12.8. The van der Waals surface area contributed by atoms with Crippen LogP contribution in [0.25, 0.3) is 0 Å². The maximum absolute atomic E-state index is 12.8. The molecular formula is C27H31N3O5S2. The molecule has 1 saturated heterocycles. The summed E-state index contributed by atoms with van der Waals surface area (Å²) in [5.74, 6) is -0.350. The van der Waals surface area contributed by atoms with E-state index >= 15 is 0 Å². The molecule has 0 bridgehead atoms. The number of nitrogens with one attached hydrogen (secondary N) is 1. The molecule has 3 aromatic carbocycles. The van der Waals surface area contributed by atoms with E-state index in [2.05, 4.69) is 5.32 Å². The topological polar surface area (TPSA) is 104 Å². The molecule has 0 aromatic heterocycles. The standard InChI is InChI=1S/C27H31N3O5S2/c1-21-7-6-8-25(19-21)30(36(2,32)33)20-22-9-11-23(12-10-22)27(31)28-24-13-15-26(16-14-24)37(34,35)29-17-4-3-5-18-29/h6-16,19H,3-5,17-18,20H2,1-2H3,(H,28,31). The zero-order chi connectivity index (χ0) is 26.6. The number of nitrogens with zero attached hydrogens (tertiary/aromatic N) is 2. The van der Waals surface area contributed by atoms with Gasteiger partial charge in [-0.3, -0.25) is 9.10 Å². The zero-order valence-corrected chi connectivity index (χ0v) is 22.6. The highest BCUT2D eigenvalue weighted by atomic mass is 32.2. The molecule has 1 aliphatic heterocycles. The third-order valence-corrected chi connectivity index (χ3v) is 9.35. The molecule has 1 heterocycles. The van der Waals surface area contributed by atoms with E-state index in [1.165, 1.54) is 27.0 Å². The zero-order valence-electron chi connectivity index (χ0n) is 20.9. The van der Waals surface area contributed by atoms with E-state index in [9.17, 15) is 21.6 Å². The van der Waals surface area contributed by atoms with E-state index in [0.717, 1.165) is 30.4 Å². The van der Waals surface area contributed by atoms with Gasteiger partial charge in [-0.15, -0.1) is 0 Å². The second kappa shape index (κ2) is 11.0. The molecule has 0 aliphatic carbocycles. The van der Waals surface area contributed by atoms with Crippen molar-refractivity contribution in [1.29, 1.82) is 0 Å². The first-order chi connectivity index (χ1) is 17.5. The predicted molar refractivity (Wildman–Crippen MR) is 146 cm³/mol. The van der Waals surface area contributed by atoms with E-state index < -0.39 is 20.0 Å². The van der Waals surface area contributed by atoms with Gasteiger partial charge in [0.15, 0.2) is 0 Å². The van der Waals surface area contributed by atoms with Crippen LogP contribution in [0.5, 0.6) is 0 Å². The van der Waals surface area contributed by atoms with Gasteiger partial charge in [-0.05, 0) is 79.4 Å². The van der Waals surface area contributed by atoms with E-state index in [-0.39, 0.29) is 17.3 Å². The van der Waals surface area contributed by atoms with Gasteiger partial charge >= 0.3 is 0 Å².